The molecule has 0 aliphatic heterocycles. The Morgan fingerprint density at radius 1 is 0.973 bits per heavy atom. The van der Waals surface area contributed by atoms with Crippen LogP contribution in [0, 0.1) is 5.92 Å². The lowest BCUT2D eigenvalue weighted by Gasteiger charge is -2.24. The highest BCUT2D eigenvalue weighted by Gasteiger charge is 2.25. The highest BCUT2D eigenvalue weighted by atomic mass is 16.1. The van der Waals surface area contributed by atoms with Crippen molar-refractivity contribution in [3.05, 3.63) is 73.4 Å². The van der Waals surface area contributed by atoms with Crippen molar-refractivity contribution in [1.29, 1.82) is 0 Å². The molecule has 0 aromatic carbocycles. The molecule has 0 saturated heterocycles. The van der Waals surface area contributed by atoms with Crippen molar-refractivity contribution in [3.8, 4) is 33.8 Å². The Hall–Kier alpha value is -4.92. The molecule has 0 spiro atoms. The number of nitrogens with one attached hydrogen (secondary N) is 3. The van der Waals surface area contributed by atoms with Crippen LogP contribution in [0.2, 0.25) is 0 Å². The van der Waals surface area contributed by atoms with Gasteiger partial charge in [0, 0.05) is 47.2 Å². The minimum absolute atomic E-state index is 0.0591. The zero-order chi connectivity index (χ0) is 24.8. The van der Waals surface area contributed by atoms with Crippen molar-refractivity contribution in [2.45, 2.75) is 19.3 Å². The summed E-state index contributed by atoms with van der Waals surface area (Å²) in [6.45, 7) is 0. The number of pyridine rings is 4. The van der Waals surface area contributed by atoms with E-state index < -0.39 is 0 Å². The number of hydrogen-bond donors (Lipinski definition) is 3. The van der Waals surface area contributed by atoms with Gasteiger partial charge in [-0.05, 0) is 54.8 Å². The topological polar surface area (TPSA) is 125 Å². The van der Waals surface area contributed by atoms with E-state index in [4.69, 9.17) is 4.98 Å². The summed E-state index contributed by atoms with van der Waals surface area (Å²) in [5.41, 5.74) is 8.13. The van der Waals surface area contributed by atoms with E-state index >= 15 is 0 Å². The van der Waals surface area contributed by atoms with Gasteiger partial charge in [-0.2, -0.15) is 5.10 Å². The van der Waals surface area contributed by atoms with Crippen LogP contribution in [0.1, 0.15) is 19.3 Å². The summed E-state index contributed by atoms with van der Waals surface area (Å²) in [4.78, 5) is 33.8. The second kappa shape index (κ2) is 8.63. The van der Waals surface area contributed by atoms with Gasteiger partial charge in [0.1, 0.15) is 16.9 Å². The van der Waals surface area contributed by atoms with Gasteiger partial charge in [0.2, 0.25) is 5.91 Å². The molecule has 6 aromatic heterocycles. The Balaban J connectivity index is 1.26. The van der Waals surface area contributed by atoms with Crippen LogP contribution < -0.4 is 5.32 Å². The predicted octanol–water partition coefficient (Wildman–Crippen LogP) is 5.36. The minimum Gasteiger partial charge on any atom is -0.338 e. The van der Waals surface area contributed by atoms with Crippen LogP contribution >= 0.6 is 0 Å². The van der Waals surface area contributed by atoms with Crippen LogP contribution in [0.3, 0.4) is 0 Å². The van der Waals surface area contributed by atoms with Gasteiger partial charge >= 0.3 is 0 Å². The number of H-pyrrole nitrogens is 2. The summed E-state index contributed by atoms with van der Waals surface area (Å²) in [6.07, 6.45) is 11.8. The van der Waals surface area contributed by atoms with Gasteiger partial charge < -0.3 is 10.3 Å². The number of carbonyl (C=O) groups excluding carboxylic acids is 1. The molecule has 1 fully saturated rings. The maximum atomic E-state index is 12.4. The monoisotopic (exact) mass is 486 g/mol. The van der Waals surface area contributed by atoms with Gasteiger partial charge in [0.05, 0.1) is 28.8 Å². The minimum atomic E-state index is 0.0591. The number of rotatable bonds is 5. The van der Waals surface area contributed by atoms with Crippen molar-refractivity contribution >= 4 is 33.7 Å². The molecule has 0 radical (unpaired) electrons. The first kappa shape index (κ1) is 21.4. The van der Waals surface area contributed by atoms with Crippen molar-refractivity contribution in [1.82, 2.24) is 35.1 Å². The third kappa shape index (κ3) is 3.81. The average molecular weight is 487 g/mol. The van der Waals surface area contributed by atoms with Crippen LogP contribution in [0.5, 0.6) is 0 Å². The van der Waals surface area contributed by atoms with E-state index in [0.717, 1.165) is 69.4 Å². The molecule has 1 aliphatic rings. The van der Waals surface area contributed by atoms with Gasteiger partial charge in [-0.15, -0.1) is 0 Å². The molecular formula is C28H22N8O. The number of hydrogen-bond acceptors (Lipinski definition) is 6. The molecule has 37 heavy (non-hydrogen) atoms. The van der Waals surface area contributed by atoms with Crippen LogP contribution in [0.4, 0.5) is 5.69 Å². The molecular weight excluding hydrogens is 464 g/mol. The number of aromatic amines is 2. The Morgan fingerprint density at radius 2 is 1.89 bits per heavy atom. The summed E-state index contributed by atoms with van der Waals surface area (Å²) >= 11 is 0. The Bertz CT molecular complexity index is 1770. The molecule has 3 N–H and O–H groups in total. The van der Waals surface area contributed by atoms with Gasteiger partial charge in [-0.25, -0.2) is 9.97 Å². The fourth-order valence-electron chi connectivity index (χ4n) is 4.74. The lowest BCUT2D eigenvalue weighted by Crippen LogP contribution is -2.28. The number of carbonyl (C=O) groups is 1. The van der Waals surface area contributed by atoms with Crippen LogP contribution in [0.15, 0.2) is 73.4 Å². The van der Waals surface area contributed by atoms with E-state index in [0.29, 0.717) is 11.4 Å². The number of aromatic nitrogens is 7. The molecule has 1 amide bonds. The number of fused-ring (bicyclic) bond motifs is 2. The van der Waals surface area contributed by atoms with Crippen molar-refractivity contribution in [3.63, 3.8) is 0 Å². The maximum absolute atomic E-state index is 12.4. The highest BCUT2D eigenvalue weighted by molar-refractivity contribution is 5.99. The molecule has 0 unspecified atom stereocenters. The number of anilines is 1. The first-order valence-corrected chi connectivity index (χ1v) is 12.2. The molecule has 7 rings (SSSR count). The van der Waals surface area contributed by atoms with Gasteiger partial charge in [0.25, 0.3) is 0 Å². The highest BCUT2D eigenvalue weighted by Crippen LogP contribution is 2.33. The summed E-state index contributed by atoms with van der Waals surface area (Å²) in [7, 11) is 0. The van der Waals surface area contributed by atoms with Crippen LogP contribution in [-0.4, -0.2) is 41.0 Å². The molecule has 1 saturated carbocycles. The molecule has 6 aromatic rings. The molecule has 1 aliphatic carbocycles. The fourth-order valence-corrected chi connectivity index (χ4v) is 4.74. The van der Waals surface area contributed by atoms with Crippen molar-refractivity contribution < 1.29 is 4.79 Å². The number of nitrogens with zero attached hydrogens (tertiary/aromatic N) is 5. The predicted molar refractivity (Wildman–Crippen MR) is 141 cm³/mol. The summed E-state index contributed by atoms with van der Waals surface area (Å²) in [6, 6.07) is 13.8. The molecule has 9 heteroatoms. The lowest BCUT2D eigenvalue weighted by molar-refractivity contribution is -0.122. The smallest absolute Gasteiger partial charge is 0.227 e. The SMILES string of the molecule is O=C(Nc1cncc(-c2ccc3[nH]nc(-c4cc5c(-c6cccnc6)ccnc5[nH]4)c3n2)c1)C1CCC1. The van der Waals surface area contributed by atoms with Gasteiger partial charge in [0.15, 0.2) is 0 Å². The van der Waals surface area contributed by atoms with Gasteiger partial charge in [-0.1, -0.05) is 12.5 Å². The average Bonchev–Trinajstić information content (AvgIpc) is 3.52. The standard InChI is InChI=1S/C28H22N8O/c37-28(16-3-1-4-16)32-19-11-18(14-30-15-19)22-6-7-23-25(33-22)26(36-35-23)24-12-21-20(8-10-31-27(21)34-24)17-5-2-9-29-13-17/h2,5-16H,1,3-4H2,(H,31,34)(H,32,37)(H,35,36). The van der Waals surface area contributed by atoms with Gasteiger partial charge in [-0.3, -0.25) is 19.9 Å². The van der Waals surface area contributed by atoms with E-state index in [1.807, 2.05) is 48.7 Å². The van der Waals surface area contributed by atoms with E-state index in [9.17, 15) is 4.79 Å². The summed E-state index contributed by atoms with van der Waals surface area (Å²) in [5, 5.41) is 11.6. The van der Waals surface area contributed by atoms with Crippen LogP contribution in [0.25, 0.3) is 55.8 Å². The van der Waals surface area contributed by atoms with E-state index in [-0.39, 0.29) is 11.8 Å². The zero-order valence-corrected chi connectivity index (χ0v) is 19.8. The quantitative estimate of drug-likeness (QED) is 0.301. The maximum Gasteiger partial charge on any atom is 0.227 e. The summed E-state index contributed by atoms with van der Waals surface area (Å²) < 4.78 is 0. The second-order valence-corrected chi connectivity index (χ2v) is 9.29. The molecule has 0 bridgehead atoms. The fraction of sp³-hybridized carbons (Fsp3) is 0.143. The molecule has 9 nitrogen and oxygen atoms in total. The van der Waals surface area contributed by atoms with Crippen molar-refractivity contribution in [2.75, 3.05) is 5.32 Å². The normalized spacial score (nSPS) is 13.6. The molecule has 6 heterocycles. The Morgan fingerprint density at radius 3 is 2.73 bits per heavy atom. The third-order valence-corrected chi connectivity index (χ3v) is 6.94. The van der Waals surface area contributed by atoms with E-state index in [1.165, 1.54) is 0 Å². The largest absolute Gasteiger partial charge is 0.338 e. The number of amides is 1. The third-order valence-electron chi connectivity index (χ3n) is 6.94. The zero-order valence-electron chi connectivity index (χ0n) is 19.8. The Kier molecular flexibility index (Phi) is 4.99. The lowest BCUT2D eigenvalue weighted by atomic mass is 9.85. The van der Waals surface area contributed by atoms with Crippen molar-refractivity contribution in [2.24, 2.45) is 5.92 Å². The van der Waals surface area contributed by atoms with E-state index in [1.54, 1.807) is 24.8 Å². The second-order valence-electron chi connectivity index (χ2n) is 9.29. The van der Waals surface area contributed by atoms with Crippen LogP contribution in [-0.2, 0) is 4.79 Å². The molecule has 180 valence electrons. The Labute approximate surface area is 211 Å². The van der Waals surface area contributed by atoms with E-state index in [2.05, 4.69) is 35.5 Å². The summed E-state index contributed by atoms with van der Waals surface area (Å²) in [5.74, 6) is 0.167. The first-order chi connectivity index (χ1) is 18.2. The molecule has 0 atom stereocenters. The first-order valence-electron chi connectivity index (χ1n) is 12.2.